The van der Waals surface area contributed by atoms with E-state index in [0.717, 1.165) is 16.3 Å². The quantitative estimate of drug-likeness (QED) is 0.161. The summed E-state index contributed by atoms with van der Waals surface area (Å²) in [6, 6.07) is 26.1. The molecular weight excluding hydrogens is 466 g/mol. The van der Waals surface area contributed by atoms with Gasteiger partial charge in [0.15, 0.2) is 0 Å². The zero-order valence-corrected chi connectivity index (χ0v) is 20.5. The number of ketones is 1. The fourth-order valence-electron chi connectivity index (χ4n) is 4.74. The molecule has 0 spiro atoms. The Hall–Kier alpha value is -4.71. The molecule has 1 amide bonds. The third kappa shape index (κ3) is 4.38. The van der Waals surface area contributed by atoms with Crippen LogP contribution in [0.2, 0.25) is 0 Å². The maximum absolute atomic E-state index is 13.5. The van der Waals surface area contributed by atoms with Gasteiger partial charge >= 0.3 is 5.97 Å². The van der Waals surface area contributed by atoms with Gasteiger partial charge in [0.25, 0.3) is 11.7 Å². The van der Waals surface area contributed by atoms with Crippen LogP contribution in [0.5, 0.6) is 0 Å². The summed E-state index contributed by atoms with van der Waals surface area (Å²) in [6.07, 6.45) is 0. The SMILES string of the molecule is CCOC(=O)c1cccc(N2C(=O)C(=O)/C(=C(\O)c3ccc4ccccc4c3)C2c2cccc(C)c2)c1. The third-order valence-electron chi connectivity index (χ3n) is 6.46. The van der Waals surface area contributed by atoms with Gasteiger partial charge in [0.1, 0.15) is 5.76 Å². The van der Waals surface area contributed by atoms with E-state index in [1.807, 2.05) is 61.5 Å². The maximum Gasteiger partial charge on any atom is 0.338 e. The van der Waals surface area contributed by atoms with Crippen molar-refractivity contribution in [2.24, 2.45) is 0 Å². The topological polar surface area (TPSA) is 83.9 Å². The standard InChI is InChI=1S/C31H25NO5/c1-3-37-31(36)24-12-7-13-25(18-24)32-27(22-11-6-8-19(2)16-22)26(29(34)30(32)35)28(33)23-15-14-20-9-4-5-10-21(20)17-23/h4-18,27,33H,3H2,1-2H3/b28-26-. The van der Waals surface area contributed by atoms with Crippen LogP contribution in [-0.4, -0.2) is 29.4 Å². The number of aryl methyl sites for hydroxylation is 1. The van der Waals surface area contributed by atoms with Gasteiger partial charge in [-0.25, -0.2) is 4.79 Å². The zero-order valence-electron chi connectivity index (χ0n) is 20.5. The van der Waals surface area contributed by atoms with E-state index in [1.54, 1.807) is 37.3 Å². The Bertz CT molecular complexity index is 1590. The number of carbonyl (C=O) groups is 3. The van der Waals surface area contributed by atoms with Crippen LogP contribution in [0.4, 0.5) is 5.69 Å². The van der Waals surface area contributed by atoms with E-state index < -0.39 is 23.7 Å². The minimum absolute atomic E-state index is 0.00702. The Morgan fingerprint density at radius 3 is 2.38 bits per heavy atom. The fourth-order valence-corrected chi connectivity index (χ4v) is 4.74. The average molecular weight is 492 g/mol. The van der Waals surface area contributed by atoms with Crippen molar-refractivity contribution in [1.82, 2.24) is 0 Å². The number of hydrogen-bond donors (Lipinski definition) is 1. The van der Waals surface area contributed by atoms with Crippen LogP contribution < -0.4 is 4.90 Å². The molecule has 37 heavy (non-hydrogen) atoms. The molecular formula is C31H25NO5. The van der Waals surface area contributed by atoms with Gasteiger partial charge in [0, 0.05) is 11.3 Å². The molecule has 6 nitrogen and oxygen atoms in total. The fraction of sp³-hybridized carbons (Fsp3) is 0.129. The predicted molar refractivity (Wildman–Crippen MR) is 142 cm³/mol. The summed E-state index contributed by atoms with van der Waals surface area (Å²) in [7, 11) is 0. The Morgan fingerprint density at radius 2 is 1.62 bits per heavy atom. The van der Waals surface area contributed by atoms with Crippen molar-refractivity contribution in [2.45, 2.75) is 19.9 Å². The lowest BCUT2D eigenvalue weighted by Crippen LogP contribution is -2.29. The molecule has 6 heteroatoms. The van der Waals surface area contributed by atoms with Gasteiger partial charge in [0.05, 0.1) is 23.8 Å². The molecule has 0 aromatic heterocycles. The van der Waals surface area contributed by atoms with Gasteiger partial charge in [-0.3, -0.25) is 14.5 Å². The molecule has 4 aromatic carbocycles. The number of carbonyl (C=O) groups excluding carboxylic acids is 3. The van der Waals surface area contributed by atoms with Crippen molar-refractivity contribution in [3.8, 4) is 0 Å². The van der Waals surface area contributed by atoms with Gasteiger partial charge in [-0.2, -0.15) is 0 Å². The highest BCUT2D eigenvalue weighted by molar-refractivity contribution is 6.51. The molecule has 5 rings (SSSR count). The van der Waals surface area contributed by atoms with Gasteiger partial charge in [0.2, 0.25) is 0 Å². The van der Waals surface area contributed by atoms with Crippen LogP contribution >= 0.6 is 0 Å². The van der Waals surface area contributed by atoms with Crippen molar-refractivity contribution in [3.05, 3.63) is 119 Å². The highest BCUT2D eigenvalue weighted by Crippen LogP contribution is 2.42. The van der Waals surface area contributed by atoms with Crippen molar-refractivity contribution < 1.29 is 24.2 Å². The molecule has 1 heterocycles. The second-order valence-corrected chi connectivity index (χ2v) is 8.92. The Balaban J connectivity index is 1.70. The molecule has 1 aliphatic heterocycles. The summed E-state index contributed by atoms with van der Waals surface area (Å²) in [4.78, 5) is 40.6. The second-order valence-electron chi connectivity index (χ2n) is 8.92. The summed E-state index contributed by atoms with van der Waals surface area (Å²) in [6.45, 7) is 3.84. The molecule has 4 aromatic rings. The number of rotatable bonds is 5. The number of ether oxygens (including phenoxy) is 1. The smallest absolute Gasteiger partial charge is 0.338 e. The Labute approximate surface area is 214 Å². The molecule has 1 aliphatic rings. The number of amides is 1. The number of aliphatic hydroxyl groups is 1. The largest absolute Gasteiger partial charge is 0.507 e. The highest BCUT2D eigenvalue weighted by Gasteiger charge is 2.47. The predicted octanol–water partition coefficient (Wildman–Crippen LogP) is 5.95. The number of Topliss-reactive ketones (excluding diaryl/α,β-unsaturated/α-hetero) is 1. The summed E-state index contributed by atoms with van der Waals surface area (Å²) >= 11 is 0. The van der Waals surface area contributed by atoms with Crippen LogP contribution in [0.1, 0.15) is 40.0 Å². The summed E-state index contributed by atoms with van der Waals surface area (Å²) in [5.74, 6) is -2.35. The maximum atomic E-state index is 13.5. The first kappa shape index (κ1) is 24.0. The van der Waals surface area contributed by atoms with E-state index in [-0.39, 0.29) is 23.5 Å². The number of hydrogen-bond acceptors (Lipinski definition) is 5. The Morgan fingerprint density at radius 1 is 0.865 bits per heavy atom. The Kier molecular flexibility index (Phi) is 6.32. The summed E-state index contributed by atoms with van der Waals surface area (Å²) in [5, 5.41) is 13.3. The van der Waals surface area contributed by atoms with E-state index in [2.05, 4.69) is 0 Å². The van der Waals surface area contributed by atoms with E-state index >= 15 is 0 Å². The van der Waals surface area contributed by atoms with E-state index in [1.165, 1.54) is 11.0 Å². The summed E-state index contributed by atoms with van der Waals surface area (Å²) < 4.78 is 5.11. The molecule has 0 radical (unpaired) electrons. The molecule has 1 fully saturated rings. The molecule has 0 saturated carbocycles. The van der Waals surface area contributed by atoms with Crippen LogP contribution in [0.15, 0.2) is 96.6 Å². The molecule has 1 unspecified atom stereocenters. The average Bonchev–Trinajstić information content (AvgIpc) is 3.18. The van der Waals surface area contributed by atoms with Crippen LogP contribution in [0, 0.1) is 6.92 Å². The molecule has 1 atom stereocenters. The lowest BCUT2D eigenvalue weighted by molar-refractivity contribution is -0.132. The van der Waals surface area contributed by atoms with Crippen LogP contribution in [0.3, 0.4) is 0 Å². The van der Waals surface area contributed by atoms with Crippen molar-refractivity contribution in [1.29, 1.82) is 0 Å². The monoisotopic (exact) mass is 491 g/mol. The van der Waals surface area contributed by atoms with Crippen LogP contribution in [0.25, 0.3) is 16.5 Å². The molecule has 184 valence electrons. The summed E-state index contributed by atoms with van der Waals surface area (Å²) in [5.41, 5.74) is 2.66. The van der Waals surface area contributed by atoms with E-state index in [0.29, 0.717) is 16.8 Å². The highest BCUT2D eigenvalue weighted by atomic mass is 16.5. The zero-order chi connectivity index (χ0) is 26.1. The number of anilines is 1. The lowest BCUT2D eigenvalue weighted by atomic mass is 9.93. The van der Waals surface area contributed by atoms with Gasteiger partial charge in [-0.1, -0.05) is 72.3 Å². The van der Waals surface area contributed by atoms with Crippen molar-refractivity contribution >= 4 is 39.9 Å². The van der Waals surface area contributed by atoms with Gasteiger partial charge in [-0.05, 0) is 54.4 Å². The first-order valence-electron chi connectivity index (χ1n) is 12.0. The number of esters is 1. The number of fused-ring (bicyclic) bond motifs is 1. The van der Waals surface area contributed by atoms with Gasteiger partial charge < -0.3 is 9.84 Å². The first-order chi connectivity index (χ1) is 17.9. The molecule has 0 bridgehead atoms. The normalized spacial score (nSPS) is 16.8. The first-order valence-corrected chi connectivity index (χ1v) is 12.0. The van der Waals surface area contributed by atoms with E-state index in [9.17, 15) is 19.5 Å². The van der Waals surface area contributed by atoms with Crippen molar-refractivity contribution in [2.75, 3.05) is 11.5 Å². The molecule has 1 N–H and O–H groups in total. The number of benzene rings is 4. The second kappa shape index (κ2) is 9.74. The minimum atomic E-state index is -0.885. The number of aliphatic hydroxyl groups excluding tert-OH is 1. The van der Waals surface area contributed by atoms with Crippen molar-refractivity contribution in [3.63, 3.8) is 0 Å². The molecule has 0 aliphatic carbocycles. The lowest BCUT2D eigenvalue weighted by Gasteiger charge is -2.26. The number of nitrogens with zero attached hydrogens (tertiary/aromatic N) is 1. The van der Waals surface area contributed by atoms with Crippen LogP contribution in [-0.2, 0) is 14.3 Å². The molecule has 1 saturated heterocycles. The van der Waals surface area contributed by atoms with Gasteiger partial charge in [-0.15, -0.1) is 0 Å². The third-order valence-corrected chi connectivity index (χ3v) is 6.46. The minimum Gasteiger partial charge on any atom is -0.507 e. The van der Waals surface area contributed by atoms with E-state index in [4.69, 9.17) is 4.74 Å².